The van der Waals surface area contributed by atoms with Gasteiger partial charge in [0.15, 0.2) is 0 Å². The van der Waals surface area contributed by atoms with E-state index in [9.17, 15) is 9.59 Å². The van der Waals surface area contributed by atoms with Crippen molar-refractivity contribution < 1.29 is 9.59 Å². The number of benzene rings is 1. The molecule has 1 aromatic heterocycles. The van der Waals surface area contributed by atoms with Gasteiger partial charge in [-0.3, -0.25) is 19.5 Å². The van der Waals surface area contributed by atoms with Crippen LogP contribution in [0, 0.1) is 0 Å². The average molecular weight is 492 g/mol. The maximum Gasteiger partial charge on any atom is 0.253 e. The number of nitrogens with zero attached hydrogens (tertiary/aromatic N) is 5. The van der Waals surface area contributed by atoms with Crippen molar-refractivity contribution in [2.75, 3.05) is 51.2 Å². The minimum atomic E-state index is 0.0572. The van der Waals surface area contributed by atoms with Crippen molar-refractivity contribution >= 4 is 17.5 Å². The monoisotopic (exact) mass is 491 g/mol. The maximum absolute atomic E-state index is 13.5. The Morgan fingerprint density at radius 3 is 2.47 bits per heavy atom. The third kappa shape index (κ3) is 7.14. The molecule has 0 spiro atoms. The van der Waals surface area contributed by atoms with Gasteiger partial charge in [-0.2, -0.15) is 0 Å². The summed E-state index contributed by atoms with van der Waals surface area (Å²) in [4.78, 5) is 39.1. The highest BCUT2D eigenvalue weighted by Gasteiger charge is 2.23. The highest BCUT2D eigenvalue weighted by molar-refractivity contribution is 5.97. The molecule has 0 aliphatic carbocycles. The quantitative estimate of drug-likeness (QED) is 0.645. The molecule has 0 radical (unpaired) electrons. The van der Waals surface area contributed by atoms with Crippen LogP contribution in [-0.2, 0) is 17.9 Å². The molecule has 1 saturated heterocycles. The van der Waals surface area contributed by atoms with Gasteiger partial charge >= 0.3 is 0 Å². The lowest BCUT2D eigenvalue weighted by molar-refractivity contribution is -0.116. The number of fused-ring (bicyclic) bond motifs is 1. The molecule has 1 aromatic carbocycles. The number of carbonyl (C=O) groups excluding carboxylic acids is 2. The summed E-state index contributed by atoms with van der Waals surface area (Å²) in [7, 11) is 2.11. The van der Waals surface area contributed by atoms with Crippen molar-refractivity contribution in [3.63, 3.8) is 0 Å². The minimum absolute atomic E-state index is 0.0572. The lowest BCUT2D eigenvalue weighted by atomic mass is 10.0. The van der Waals surface area contributed by atoms with Crippen molar-refractivity contribution in [2.45, 2.75) is 58.5 Å². The van der Waals surface area contributed by atoms with E-state index in [1.54, 1.807) is 13.1 Å². The summed E-state index contributed by atoms with van der Waals surface area (Å²) in [6, 6.07) is 10.1. The van der Waals surface area contributed by atoms with E-state index in [1.165, 1.54) is 18.4 Å². The lowest BCUT2D eigenvalue weighted by Crippen LogP contribution is -2.35. The van der Waals surface area contributed by atoms with E-state index >= 15 is 0 Å². The molecular formula is C29H41N5O2. The first-order chi connectivity index (χ1) is 17.5. The molecule has 7 nitrogen and oxygen atoms in total. The van der Waals surface area contributed by atoms with Gasteiger partial charge in [0, 0.05) is 69.8 Å². The van der Waals surface area contributed by atoms with E-state index in [1.807, 2.05) is 40.3 Å². The van der Waals surface area contributed by atoms with Crippen molar-refractivity contribution in [1.29, 1.82) is 0 Å². The Morgan fingerprint density at radius 1 is 0.889 bits per heavy atom. The number of rotatable bonds is 3. The molecule has 0 bridgehead atoms. The van der Waals surface area contributed by atoms with Crippen LogP contribution in [0.25, 0.3) is 0 Å². The molecule has 2 amide bonds. The minimum Gasteiger partial charge on any atom is -0.337 e. The zero-order valence-corrected chi connectivity index (χ0v) is 22.0. The molecule has 4 rings (SSSR count). The highest BCUT2D eigenvalue weighted by Crippen LogP contribution is 2.27. The van der Waals surface area contributed by atoms with Crippen LogP contribution < -0.4 is 4.90 Å². The zero-order valence-electron chi connectivity index (χ0n) is 22.0. The molecule has 36 heavy (non-hydrogen) atoms. The summed E-state index contributed by atoms with van der Waals surface area (Å²) in [6.07, 6.45) is 10.4. The SMILES string of the molecule is CC(=O)N1CCCCCCCN(Cc2cccnc2)Cc2cc(C(=O)N3CCCN(C)CC3)ccc21. The van der Waals surface area contributed by atoms with E-state index in [-0.39, 0.29) is 11.8 Å². The fourth-order valence-electron chi connectivity index (χ4n) is 5.33. The Morgan fingerprint density at radius 2 is 1.69 bits per heavy atom. The first-order valence-corrected chi connectivity index (χ1v) is 13.5. The fourth-order valence-corrected chi connectivity index (χ4v) is 5.33. The number of likely N-dealkylation sites (N-methyl/N-ethyl adjacent to an activating group) is 1. The van der Waals surface area contributed by atoms with E-state index in [2.05, 4.69) is 27.9 Å². The second-order valence-corrected chi connectivity index (χ2v) is 10.3. The predicted molar refractivity (Wildman–Crippen MR) is 144 cm³/mol. The Bertz CT molecular complexity index is 1010. The molecule has 0 atom stereocenters. The molecule has 2 aliphatic heterocycles. The molecule has 0 unspecified atom stereocenters. The van der Waals surface area contributed by atoms with Gasteiger partial charge in [0.25, 0.3) is 5.91 Å². The number of pyridine rings is 1. The normalized spacial score (nSPS) is 19.1. The van der Waals surface area contributed by atoms with E-state index in [4.69, 9.17) is 0 Å². The van der Waals surface area contributed by atoms with Crippen LogP contribution in [0.1, 0.15) is 66.9 Å². The topological polar surface area (TPSA) is 60.0 Å². The van der Waals surface area contributed by atoms with Crippen molar-refractivity contribution in [3.8, 4) is 0 Å². The van der Waals surface area contributed by atoms with Gasteiger partial charge in [0.05, 0.1) is 0 Å². The van der Waals surface area contributed by atoms with Gasteiger partial charge in [0.2, 0.25) is 5.91 Å². The van der Waals surface area contributed by atoms with Crippen LogP contribution in [0.3, 0.4) is 0 Å². The van der Waals surface area contributed by atoms with E-state index < -0.39 is 0 Å². The third-order valence-electron chi connectivity index (χ3n) is 7.38. The first kappa shape index (κ1) is 26.3. The number of hydrogen-bond acceptors (Lipinski definition) is 5. The average Bonchev–Trinajstić information content (AvgIpc) is 3.09. The number of anilines is 1. The summed E-state index contributed by atoms with van der Waals surface area (Å²) in [6.45, 7) is 8.28. The standard InChI is InChI=1S/C29H41N5O2/c1-24(35)34-17-7-5-3-4-6-15-32(22-25-10-8-13-30-21-25)23-27-20-26(11-12-28(27)34)29(36)33-16-9-14-31(2)18-19-33/h8,10-13,20-21H,3-7,9,14-19,22-23H2,1-2H3. The van der Waals surface area contributed by atoms with Crippen LogP contribution in [0.5, 0.6) is 0 Å². The van der Waals surface area contributed by atoms with Crippen LogP contribution in [0.15, 0.2) is 42.7 Å². The van der Waals surface area contributed by atoms with Gasteiger partial charge in [-0.1, -0.05) is 25.3 Å². The Hall–Kier alpha value is -2.77. The summed E-state index contributed by atoms with van der Waals surface area (Å²) in [5.41, 5.74) is 3.88. The largest absolute Gasteiger partial charge is 0.337 e. The van der Waals surface area contributed by atoms with Crippen LogP contribution in [0.2, 0.25) is 0 Å². The smallest absolute Gasteiger partial charge is 0.253 e. The summed E-state index contributed by atoms with van der Waals surface area (Å²) >= 11 is 0. The zero-order chi connectivity index (χ0) is 25.3. The molecule has 0 saturated carbocycles. The molecule has 2 aromatic rings. The predicted octanol–water partition coefficient (Wildman–Crippen LogP) is 4.18. The summed E-state index contributed by atoms with van der Waals surface area (Å²) in [5, 5.41) is 0. The van der Waals surface area contributed by atoms with Crippen molar-refractivity contribution in [3.05, 3.63) is 59.4 Å². The lowest BCUT2D eigenvalue weighted by Gasteiger charge is -2.29. The van der Waals surface area contributed by atoms with Gasteiger partial charge in [-0.25, -0.2) is 0 Å². The second kappa shape index (κ2) is 13.0. The molecule has 2 aliphatic rings. The maximum atomic E-state index is 13.5. The van der Waals surface area contributed by atoms with E-state index in [0.29, 0.717) is 6.54 Å². The van der Waals surface area contributed by atoms with E-state index in [0.717, 1.165) is 88.3 Å². The number of aromatic nitrogens is 1. The van der Waals surface area contributed by atoms with Crippen molar-refractivity contribution in [1.82, 2.24) is 19.7 Å². The molecule has 7 heteroatoms. The first-order valence-electron chi connectivity index (χ1n) is 13.5. The molecule has 194 valence electrons. The second-order valence-electron chi connectivity index (χ2n) is 10.3. The van der Waals surface area contributed by atoms with Gasteiger partial charge in [0.1, 0.15) is 0 Å². The highest BCUT2D eigenvalue weighted by atomic mass is 16.2. The molecule has 0 N–H and O–H groups in total. The fraction of sp³-hybridized carbons (Fsp3) is 0.552. The van der Waals surface area contributed by atoms with Gasteiger partial charge in [-0.15, -0.1) is 0 Å². The number of carbonyl (C=O) groups is 2. The summed E-state index contributed by atoms with van der Waals surface area (Å²) in [5.74, 6) is 0.147. The number of amides is 2. The van der Waals surface area contributed by atoms with Crippen molar-refractivity contribution in [2.24, 2.45) is 0 Å². The molecular weight excluding hydrogens is 450 g/mol. The summed E-state index contributed by atoms with van der Waals surface area (Å²) < 4.78 is 0. The third-order valence-corrected chi connectivity index (χ3v) is 7.38. The Balaban J connectivity index is 1.66. The van der Waals surface area contributed by atoms with Crippen LogP contribution in [0.4, 0.5) is 5.69 Å². The van der Waals surface area contributed by atoms with Crippen LogP contribution >= 0.6 is 0 Å². The number of hydrogen-bond donors (Lipinski definition) is 0. The molecule has 3 heterocycles. The van der Waals surface area contributed by atoms with Gasteiger partial charge < -0.3 is 14.7 Å². The Kier molecular flexibility index (Phi) is 9.47. The van der Waals surface area contributed by atoms with Gasteiger partial charge in [-0.05, 0) is 74.8 Å². The van der Waals surface area contributed by atoms with Crippen LogP contribution in [-0.4, -0.2) is 77.8 Å². The molecule has 1 fully saturated rings. The Labute approximate surface area is 216 Å².